The van der Waals surface area contributed by atoms with Crippen LogP contribution in [0, 0.1) is 16.7 Å². The van der Waals surface area contributed by atoms with Crippen LogP contribution >= 0.6 is 0 Å². The lowest BCUT2D eigenvalue weighted by atomic mass is 9.78. The van der Waals surface area contributed by atoms with Gasteiger partial charge in [-0.1, -0.05) is 26.1 Å². The van der Waals surface area contributed by atoms with Gasteiger partial charge in [0, 0.05) is 39.2 Å². The number of aliphatic imine (C=N–C) groups is 1. The highest BCUT2D eigenvalue weighted by Gasteiger charge is 2.32. The van der Waals surface area contributed by atoms with Crippen molar-refractivity contribution in [3.05, 3.63) is 77.4 Å². The summed E-state index contributed by atoms with van der Waals surface area (Å²) in [6.45, 7) is 11.4. The Balaban J connectivity index is 2.20. The van der Waals surface area contributed by atoms with E-state index in [1.54, 1.807) is 31.5 Å². The van der Waals surface area contributed by atoms with Crippen LogP contribution in [0.25, 0.3) is 5.52 Å². The Hall–Kier alpha value is -3.54. The maximum absolute atomic E-state index is 13.0. The maximum Gasteiger partial charge on any atom is 0.267 e. The number of nitriles is 1. The highest BCUT2D eigenvalue weighted by Crippen LogP contribution is 2.28. The second-order valence-corrected chi connectivity index (χ2v) is 8.18. The first-order valence-corrected chi connectivity index (χ1v) is 11.8. The average Bonchev–Trinajstić information content (AvgIpc) is 2.89. The van der Waals surface area contributed by atoms with Crippen molar-refractivity contribution >= 4 is 17.1 Å². The zero-order valence-electron chi connectivity index (χ0n) is 20.7. The zero-order valence-corrected chi connectivity index (χ0v) is 20.7. The Kier molecular flexibility index (Phi) is 11.1. The Morgan fingerprint density at radius 2 is 2.11 bits per heavy atom. The van der Waals surface area contributed by atoms with E-state index in [0.717, 1.165) is 23.9 Å². The van der Waals surface area contributed by atoms with Crippen molar-refractivity contribution in [3.63, 3.8) is 0 Å². The summed E-state index contributed by atoms with van der Waals surface area (Å²) < 4.78 is 6.52. The number of hydrogen-bond donors (Lipinski definition) is 2. The van der Waals surface area contributed by atoms with Crippen LogP contribution in [-0.4, -0.2) is 42.8 Å². The number of methoxy groups -OCH3 is 1. The standard InChI is InChI=1S/C27H35N5O3/c1-5-24(30-7-3)27(6-2,20-28)13-15-29-19-21-18-22(25(33)31-14-9-11-17-35-4)26(34)32-16-10-8-12-23(21)32/h5,7-8,10,12,16,18,29H,1,3,6,9,11,13-15,17,19H2,2,4H3,(H,31,33). The summed E-state index contributed by atoms with van der Waals surface area (Å²) in [7, 11) is 1.64. The van der Waals surface area contributed by atoms with E-state index in [4.69, 9.17) is 4.74 Å². The molecule has 2 rings (SSSR count). The average molecular weight is 478 g/mol. The number of unbranched alkanes of at least 4 members (excludes halogenated alkanes) is 1. The van der Waals surface area contributed by atoms with Gasteiger partial charge in [0.05, 0.1) is 17.3 Å². The molecule has 186 valence electrons. The summed E-state index contributed by atoms with van der Waals surface area (Å²) in [6.07, 6.45) is 7.39. The molecule has 0 saturated carbocycles. The Labute approximate surface area is 207 Å². The van der Waals surface area contributed by atoms with Crippen molar-refractivity contribution in [2.24, 2.45) is 10.4 Å². The normalized spacial score (nSPS) is 13.1. The molecule has 0 spiro atoms. The van der Waals surface area contributed by atoms with E-state index in [-0.39, 0.29) is 11.1 Å². The van der Waals surface area contributed by atoms with Crippen LogP contribution in [0.3, 0.4) is 0 Å². The van der Waals surface area contributed by atoms with Gasteiger partial charge in [0.25, 0.3) is 11.5 Å². The molecule has 0 radical (unpaired) electrons. The molecule has 0 saturated heterocycles. The summed E-state index contributed by atoms with van der Waals surface area (Å²) in [5.41, 5.74) is 1.11. The summed E-state index contributed by atoms with van der Waals surface area (Å²) in [5.74, 6) is -0.391. The quantitative estimate of drug-likeness (QED) is 0.301. The molecule has 1 unspecified atom stereocenters. The van der Waals surface area contributed by atoms with Crippen LogP contribution in [0.15, 0.2) is 65.7 Å². The summed E-state index contributed by atoms with van der Waals surface area (Å²) in [6, 6.07) is 9.52. The van der Waals surface area contributed by atoms with E-state index >= 15 is 0 Å². The number of ether oxygens (including phenoxy) is 1. The minimum Gasteiger partial charge on any atom is -0.385 e. The molecule has 8 heteroatoms. The predicted molar refractivity (Wildman–Crippen MR) is 140 cm³/mol. The molecule has 0 fully saturated rings. The van der Waals surface area contributed by atoms with Crippen LogP contribution in [-0.2, 0) is 11.3 Å². The van der Waals surface area contributed by atoms with Gasteiger partial charge in [0.15, 0.2) is 0 Å². The molecule has 0 aliphatic carbocycles. The number of nitrogens with zero attached hydrogens (tertiary/aromatic N) is 3. The van der Waals surface area contributed by atoms with Crippen molar-refractivity contribution in [3.8, 4) is 6.07 Å². The third kappa shape index (κ3) is 6.98. The lowest BCUT2D eigenvalue weighted by Crippen LogP contribution is -2.33. The van der Waals surface area contributed by atoms with Crippen molar-refractivity contribution in [2.45, 2.75) is 39.2 Å². The maximum atomic E-state index is 13.0. The highest BCUT2D eigenvalue weighted by atomic mass is 16.5. The molecule has 0 aromatic carbocycles. The Morgan fingerprint density at radius 1 is 1.31 bits per heavy atom. The number of allylic oxidation sites excluding steroid dienone is 1. The van der Waals surface area contributed by atoms with Crippen molar-refractivity contribution in [1.82, 2.24) is 15.0 Å². The van der Waals surface area contributed by atoms with Crippen LogP contribution in [0.4, 0.5) is 0 Å². The van der Waals surface area contributed by atoms with E-state index < -0.39 is 11.3 Å². The molecular formula is C27H35N5O3. The summed E-state index contributed by atoms with van der Waals surface area (Å²) in [5, 5.41) is 16.1. The zero-order chi connectivity index (χ0) is 25.7. The molecule has 8 nitrogen and oxygen atoms in total. The number of pyridine rings is 2. The minimum absolute atomic E-state index is 0.101. The van der Waals surface area contributed by atoms with E-state index in [1.165, 1.54) is 10.6 Å². The van der Waals surface area contributed by atoms with Gasteiger partial charge < -0.3 is 15.4 Å². The molecule has 0 aliphatic heterocycles. The Bertz CT molecular complexity index is 1160. The van der Waals surface area contributed by atoms with Gasteiger partial charge >= 0.3 is 0 Å². The van der Waals surface area contributed by atoms with E-state index in [1.807, 2.05) is 19.1 Å². The van der Waals surface area contributed by atoms with Crippen LogP contribution in [0.5, 0.6) is 0 Å². The van der Waals surface area contributed by atoms with Gasteiger partial charge in [-0.3, -0.25) is 19.0 Å². The second kappa shape index (κ2) is 14.0. The molecule has 1 atom stereocenters. The lowest BCUT2D eigenvalue weighted by Gasteiger charge is -2.25. The molecule has 2 N–H and O–H groups in total. The highest BCUT2D eigenvalue weighted by molar-refractivity contribution is 6.01. The monoisotopic (exact) mass is 477 g/mol. The first kappa shape index (κ1) is 27.7. The SMILES string of the molecule is C=CN=C(C=C)C(C#N)(CC)CCNCc1cc(C(=O)NCCCCOC)c(=O)n2ccccc12. The second-order valence-electron chi connectivity index (χ2n) is 8.18. The molecule has 1 amide bonds. The lowest BCUT2D eigenvalue weighted by molar-refractivity contribution is 0.0949. The first-order chi connectivity index (χ1) is 17.0. The molecule has 2 aromatic heterocycles. The van der Waals surface area contributed by atoms with Crippen molar-refractivity contribution in [1.29, 1.82) is 5.26 Å². The molecule has 2 heterocycles. The van der Waals surface area contributed by atoms with Gasteiger partial charge in [0.1, 0.15) is 11.0 Å². The van der Waals surface area contributed by atoms with Crippen LogP contribution in [0.1, 0.15) is 48.5 Å². The van der Waals surface area contributed by atoms with Gasteiger partial charge in [-0.2, -0.15) is 5.26 Å². The number of carbonyl (C=O) groups excluding carboxylic acids is 1. The van der Waals surface area contributed by atoms with Gasteiger partial charge in [-0.15, -0.1) is 0 Å². The first-order valence-electron chi connectivity index (χ1n) is 11.8. The van der Waals surface area contributed by atoms with Gasteiger partial charge in [0.2, 0.25) is 0 Å². The fourth-order valence-corrected chi connectivity index (χ4v) is 3.97. The fourth-order valence-electron chi connectivity index (χ4n) is 3.97. The molecule has 35 heavy (non-hydrogen) atoms. The van der Waals surface area contributed by atoms with Crippen LogP contribution in [0.2, 0.25) is 0 Å². The number of aromatic nitrogens is 1. The number of amides is 1. The molecule has 0 bridgehead atoms. The molecular weight excluding hydrogens is 442 g/mol. The van der Waals surface area contributed by atoms with Crippen molar-refractivity contribution < 1.29 is 9.53 Å². The number of rotatable bonds is 15. The Morgan fingerprint density at radius 3 is 2.77 bits per heavy atom. The molecule has 0 aliphatic rings. The summed E-state index contributed by atoms with van der Waals surface area (Å²) >= 11 is 0. The van der Waals surface area contributed by atoms with Gasteiger partial charge in [-0.05, 0) is 62.1 Å². The van der Waals surface area contributed by atoms with Crippen molar-refractivity contribution in [2.75, 3.05) is 26.8 Å². The smallest absolute Gasteiger partial charge is 0.267 e. The van der Waals surface area contributed by atoms with Gasteiger partial charge in [-0.25, -0.2) is 0 Å². The van der Waals surface area contributed by atoms with Crippen LogP contribution < -0.4 is 16.2 Å². The largest absolute Gasteiger partial charge is 0.385 e. The number of carbonyl (C=O) groups is 1. The topological polar surface area (TPSA) is 108 Å². The molecule has 2 aromatic rings. The predicted octanol–water partition coefficient (Wildman–Crippen LogP) is 3.63. The van der Waals surface area contributed by atoms with E-state index in [0.29, 0.717) is 44.8 Å². The number of hydrogen-bond acceptors (Lipinski definition) is 6. The third-order valence-corrected chi connectivity index (χ3v) is 6.04. The number of nitrogens with one attached hydrogen (secondary N) is 2. The third-order valence-electron chi connectivity index (χ3n) is 6.04. The fraction of sp³-hybridized carbons (Fsp3) is 0.407. The van der Waals surface area contributed by atoms with E-state index in [2.05, 4.69) is 34.9 Å². The summed E-state index contributed by atoms with van der Waals surface area (Å²) in [4.78, 5) is 30.0. The number of fused-ring (bicyclic) bond motifs is 1. The van der Waals surface area contributed by atoms with E-state index in [9.17, 15) is 14.9 Å². The minimum atomic E-state index is -0.771.